The van der Waals surface area contributed by atoms with E-state index in [1.807, 2.05) is 30.1 Å². The Kier molecular flexibility index (Phi) is 3.05. The Labute approximate surface area is 117 Å². The fourth-order valence-corrected chi connectivity index (χ4v) is 4.36. The minimum Gasteiger partial charge on any atom is -0.506 e. The fourth-order valence-electron chi connectivity index (χ4n) is 2.59. The van der Waals surface area contributed by atoms with Crippen LogP contribution < -0.4 is 4.90 Å². The zero-order chi connectivity index (χ0) is 14.3. The highest BCUT2D eigenvalue weighted by atomic mass is 32.2. The number of anilines is 1. The maximum absolute atomic E-state index is 11.6. The van der Waals surface area contributed by atoms with Crippen LogP contribution in [-0.2, 0) is 9.84 Å². The van der Waals surface area contributed by atoms with Crippen LogP contribution in [0.15, 0.2) is 30.3 Å². The van der Waals surface area contributed by atoms with Crippen LogP contribution in [0.4, 0.5) is 5.82 Å². The molecule has 0 radical (unpaired) electrons. The molecule has 106 valence electrons. The Morgan fingerprint density at radius 3 is 2.80 bits per heavy atom. The molecule has 2 aromatic rings. The highest BCUT2D eigenvalue weighted by Crippen LogP contribution is 2.27. The van der Waals surface area contributed by atoms with Gasteiger partial charge in [-0.05, 0) is 24.6 Å². The number of aromatic nitrogens is 1. The zero-order valence-electron chi connectivity index (χ0n) is 11.2. The summed E-state index contributed by atoms with van der Waals surface area (Å²) >= 11 is 0. The van der Waals surface area contributed by atoms with E-state index in [9.17, 15) is 13.5 Å². The molecule has 1 fully saturated rings. The van der Waals surface area contributed by atoms with E-state index in [4.69, 9.17) is 0 Å². The standard InChI is InChI=1S/C14H16N2O3S/c1-16(11-7-8-20(18,19)9-11)13-6-5-10-3-2-4-12(17)14(10)15-13/h2-6,11,17H,7-9H2,1H3. The lowest BCUT2D eigenvalue weighted by atomic mass is 10.2. The average Bonchev–Trinajstić information content (AvgIpc) is 2.78. The number of sulfone groups is 1. The number of hydrogen-bond acceptors (Lipinski definition) is 5. The van der Waals surface area contributed by atoms with Gasteiger partial charge in [0, 0.05) is 18.5 Å². The van der Waals surface area contributed by atoms with Crippen molar-refractivity contribution >= 4 is 26.6 Å². The van der Waals surface area contributed by atoms with E-state index in [1.54, 1.807) is 12.1 Å². The van der Waals surface area contributed by atoms with Crippen LogP contribution in [0.1, 0.15) is 6.42 Å². The summed E-state index contributed by atoms with van der Waals surface area (Å²) in [4.78, 5) is 6.33. The van der Waals surface area contributed by atoms with E-state index in [1.165, 1.54) is 0 Å². The number of phenols is 1. The average molecular weight is 292 g/mol. The molecule has 1 aliphatic rings. The first-order valence-electron chi connectivity index (χ1n) is 6.48. The van der Waals surface area contributed by atoms with E-state index in [0.29, 0.717) is 17.8 Å². The summed E-state index contributed by atoms with van der Waals surface area (Å²) in [5, 5.41) is 10.7. The summed E-state index contributed by atoms with van der Waals surface area (Å²) in [5.74, 6) is 1.23. The molecule has 1 aromatic carbocycles. The van der Waals surface area contributed by atoms with Crippen molar-refractivity contribution in [3.05, 3.63) is 30.3 Å². The van der Waals surface area contributed by atoms with Gasteiger partial charge >= 0.3 is 0 Å². The Balaban J connectivity index is 1.96. The van der Waals surface area contributed by atoms with Crippen LogP contribution in [-0.4, -0.2) is 43.1 Å². The van der Waals surface area contributed by atoms with Gasteiger partial charge in [0.25, 0.3) is 0 Å². The molecular formula is C14H16N2O3S. The number of rotatable bonds is 2. The number of pyridine rings is 1. The number of fused-ring (bicyclic) bond motifs is 1. The quantitative estimate of drug-likeness (QED) is 0.909. The first-order valence-corrected chi connectivity index (χ1v) is 8.30. The molecule has 0 saturated carbocycles. The minimum absolute atomic E-state index is 0.0456. The highest BCUT2D eigenvalue weighted by molar-refractivity contribution is 7.91. The smallest absolute Gasteiger partial charge is 0.152 e. The normalized spacial score (nSPS) is 21.1. The second kappa shape index (κ2) is 4.63. The molecule has 1 saturated heterocycles. The first kappa shape index (κ1) is 13.2. The molecular weight excluding hydrogens is 276 g/mol. The van der Waals surface area contributed by atoms with Crippen LogP contribution in [0, 0.1) is 0 Å². The molecule has 0 bridgehead atoms. The van der Waals surface area contributed by atoms with Crippen molar-refractivity contribution in [3.8, 4) is 5.75 Å². The number of nitrogens with zero attached hydrogens (tertiary/aromatic N) is 2. The fraction of sp³-hybridized carbons (Fsp3) is 0.357. The number of aromatic hydroxyl groups is 1. The monoisotopic (exact) mass is 292 g/mol. The third-order valence-electron chi connectivity index (χ3n) is 3.80. The van der Waals surface area contributed by atoms with Gasteiger partial charge in [0.05, 0.1) is 11.5 Å². The summed E-state index contributed by atoms with van der Waals surface area (Å²) < 4.78 is 23.1. The predicted molar refractivity (Wildman–Crippen MR) is 78.9 cm³/mol. The topological polar surface area (TPSA) is 70.5 Å². The van der Waals surface area contributed by atoms with Crippen LogP contribution >= 0.6 is 0 Å². The number of para-hydroxylation sites is 1. The number of benzene rings is 1. The van der Waals surface area contributed by atoms with Crippen LogP contribution in [0.3, 0.4) is 0 Å². The third kappa shape index (κ3) is 2.31. The summed E-state index contributed by atoms with van der Waals surface area (Å²) in [6.07, 6.45) is 0.624. The molecule has 0 amide bonds. The molecule has 1 N–H and O–H groups in total. The van der Waals surface area contributed by atoms with Crippen LogP contribution in [0.25, 0.3) is 10.9 Å². The van der Waals surface area contributed by atoms with Crippen molar-refractivity contribution in [2.24, 2.45) is 0 Å². The van der Waals surface area contributed by atoms with Crippen molar-refractivity contribution in [2.75, 3.05) is 23.5 Å². The molecule has 1 atom stereocenters. The van der Waals surface area contributed by atoms with Gasteiger partial charge in [-0.1, -0.05) is 12.1 Å². The van der Waals surface area contributed by atoms with Crippen molar-refractivity contribution < 1.29 is 13.5 Å². The minimum atomic E-state index is -2.92. The molecule has 1 unspecified atom stereocenters. The van der Waals surface area contributed by atoms with Crippen molar-refractivity contribution in [1.82, 2.24) is 4.98 Å². The number of hydrogen-bond donors (Lipinski definition) is 1. The molecule has 0 aliphatic carbocycles. The van der Waals surface area contributed by atoms with Gasteiger partial charge < -0.3 is 10.0 Å². The molecule has 0 spiro atoms. The molecule has 20 heavy (non-hydrogen) atoms. The second-order valence-corrected chi connectivity index (χ2v) is 7.41. The summed E-state index contributed by atoms with van der Waals surface area (Å²) in [5.41, 5.74) is 0.540. The Bertz CT molecular complexity index is 758. The largest absolute Gasteiger partial charge is 0.506 e. The SMILES string of the molecule is CN(c1ccc2cccc(O)c2n1)C1CCS(=O)(=O)C1. The van der Waals surface area contributed by atoms with Crippen molar-refractivity contribution in [1.29, 1.82) is 0 Å². The molecule has 1 aromatic heterocycles. The van der Waals surface area contributed by atoms with Gasteiger partial charge in [0.15, 0.2) is 9.84 Å². The summed E-state index contributed by atoms with van der Waals surface area (Å²) in [7, 11) is -1.07. The Morgan fingerprint density at radius 2 is 2.10 bits per heavy atom. The lowest BCUT2D eigenvalue weighted by Crippen LogP contribution is -2.33. The van der Waals surface area contributed by atoms with Crippen LogP contribution in [0.2, 0.25) is 0 Å². The van der Waals surface area contributed by atoms with Crippen molar-refractivity contribution in [2.45, 2.75) is 12.5 Å². The van der Waals surface area contributed by atoms with Gasteiger partial charge in [0.1, 0.15) is 17.1 Å². The maximum atomic E-state index is 11.6. The Hall–Kier alpha value is -1.82. The molecule has 3 rings (SSSR count). The van der Waals surface area contributed by atoms with Gasteiger partial charge in [0.2, 0.25) is 0 Å². The predicted octanol–water partition coefficient (Wildman–Crippen LogP) is 1.56. The lowest BCUT2D eigenvalue weighted by molar-refractivity contribution is 0.480. The van der Waals surface area contributed by atoms with Crippen LogP contribution in [0.5, 0.6) is 5.75 Å². The van der Waals surface area contributed by atoms with E-state index in [0.717, 1.165) is 5.39 Å². The molecule has 2 heterocycles. The summed E-state index contributed by atoms with van der Waals surface area (Å²) in [6.45, 7) is 0. The highest BCUT2D eigenvalue weighted by Gasteiger charge is 2.31. The van der Waals surface area contributed by atoms with E-state index >= 15 is 0 Å². The zero-order valence-corrected chi connectivity index (χ0v) is 12.0. The first-order chi connectivity index (χ1) is 9.46. The van der Waals surface area contributed by atoms with E-state index in [2.05, 4.69) is 4.98 Å². The van der Waals surface area contributed by atoms with E-state index in [-0.39, 0.29) is 23.3 Å². The molecule has 6 heteroatoms. The molecule has 1 aliphatic heterocycles. The van der Waals surface area contributed by atoms with Gasteiger partial charge in [-0.25, -0.2) is 13.4 Å². The summed E-state index contributed by atoms with van der Waals surface area (Å²) in [6, 6.07) is 8.94. The number of phenolic OH excluding ortho intramolecular Hbond substituents is 1. The maximum Gasteiger partial charge on any atom is 0.152 e. The molecule has 5 nitrogen and oxygen atoms in total. The van der Waals surface area contributed by atoms with Gasteiger partial charge in [-0.3, -0.25) is 0 Å². The van der Waals surface area contributed by atoms with E-state index < -0.39 is 9.84 Å². The van der Waals surface area contributed by atoms with Gasteiger partial charge in [-0.2, -0.15) is 0 Å². The third-order valence-corrected chi connectivity index (χ3v) is 5.55. The second-order valence-electron chi connectivity index (χ2n) is 5.19. The lowest BCUT2D eigenvalue weighted by Gasteiger charge is -2.24. The Morgan fingerprint density at radius 1 is 1.30 bits per heavy atom. The van der Waals surface area contributed by atoms with Crippen molar-refractivity contribution in [3.63, 3.8) is 0 Å². The van der Waals surface area contributed by atoms with Gasteiger partial charge in [-0.15, -0.1) is 0 Å².